The molecule has 12 rings (SSSR count). The Morgan fingerprint density at radius 1 is 0.393 bits per heavy atom. The topological polar surface area (TPSA) is 29.5 Å². The predicted octanol–water partition coefficient (Wildman–Crippen LogP) is 15.8. The van der Waals surface area contributed by atoms with Crippen LogP contribution in [0.3, 0.4) is 0 Å². The summed E-state index contributed by atoms with van der Waals surface area (Å²) in [5.41, 5.74) is 10.9. The van der Waals surface area contributed by atoms with Crippen LogP contribution in [0.5, 0.6) is 0 Å². The fourth-order valence-corrected chi connectivity index (χ4v) is 9.85. The Morgan fingerprint density at radius 2 is 1.02 bits per heavy atom. The summed E-state index contributed by atoms with van der Waals surface area (Å²) in [7, 11) is 0. The van der Waals surface area contributed by atoms with Crippen LogP contribution in [0.4, 0.5) is 17.1 Å². The molecule has 0 bridgehead atoms. The van der Waals surface area contributed by atoms with Gasteiger partial charge in [-0.05, 0) is 70.4 Å². The van der Waals surface area contributed by atoms with Crippen molar-refractivity contribution >= 4 is 103 Å². The third-order valence-electron chi connectivity index (χ3n) is 11.3. The van der Waals surface area contributed by atoms with Crippen LogP contribution >= 0.6 is 11.3 Å². The molecule has 3 nitrogen and oxygen atoms in total. The van der Waals surface area contributed by atoms with Gasteiger partial charge in [0.25, 0.3) is 0 Å². The van der Waals surface area contributed by atoms with Crippen LogP contribution in [0.25, 0.3) is 97.1 Å². The van der Waals surface area contributed by atoms with Gasteiger partial charge in [-0.3, -0.25) is 0 Å². The molecule has 0 fully saturated rings. The van der Waals surface area contributed by atoms with Crippen molar-refractivity contribution in [3.8, 4) is 22.3 Å². The van der Waals surface area contributed by atoms with Crippen molar-refractivity contribution in [2.75, 3.05) is 4.90 Å². The molecule has 3 aromatic heterocycles. The molecule has 0 spiro atoms. The number of benzene rings is 9. The van der Waals surface area contributed by atoms with Gasteiger partial charge < -0.3 is 13.7 Å². The average Bonchev–Trinajstić information content (AvgIpc) is 3.96. The van der Waals surface area contributed by atoms with E-state index in [9.17, 15) is 0 Å². The van der Waals surface area contributed by atoms with Gasteiger partial charge in [0.2, 0.25) is 0 Å². The lowest BCUT2D eigenvalue weighted by molar-refractivity contribution is 0.668. The maximum atomic E-state index is 6.98. The van der Waals surface area contributed by atoms with Gasteiger partial charge in [-0.1, -0.05) is 140 Å². The van der Waals surface area contributed by atoms with Crippen LogP contribution in [-0.4, -0.2) is 0 Å². The molecule has 0 saturated heterocycles. The van der Waals surface area contributed by atoms with E-state index in [0.717, 1.165) is 77.6 Å². The van der Waals surface area contributed by atoms with E-state index in [1.54, 1.807) is 0 Å². The highest BCUT2D eigenvalue weighted by atomic mass is 32.1. The van der Waals surface area contributed by atoms with Gasteiger partial charge in [0.05, 0.1) is 16.1 Å². The van der Waals surface area contributed by atoms with Crippen molar-refractivity contribution in [2.24, 2.45) is 0 Å². The number of furan rings is 2. The summed E-state index contributed by atoms with van der Waals surface area (Å²) in [6.07, 6.45) is 0. The smallest absolute Gasteiger partial charge is 0.160 e. The fourth-order valence-electron chi connectivity index (χ4n) is 8.64. The summed E-state index contributed by atoms with van der Waals surface area (Å²) in [5.74, 6) is 0. The highest BCUT2D eigenvalue weighted by molar-refractivity contribution is 7.26. The van der Waals surface area contributed by atoms with Crippen LogP contribution in [0.15, 0.2) is 197 Å². The van der Waals surface area contributed by atoms with Gasteiger partial charge in [0.15, 0.2) is 5.58 Å². The van der Waals surface area contributed by atoms with Crippen LogP contribution in [0.1, 0.15) is 0 Å². The summed E-state index contributed by atoms with van der Waals surface area (Å²) in [6, 6.07) is 67.2. The zero-order valence-corrected chi connectivity index (χ0v) is 30.9. The van der Waals surface area contributed by atoms with E-state index in [4.69, 9.17) is 8.83 Å². The minimum Gasteiger partial charge on any atom is -0.455 e. The van der Waals surface area contributed by atoms with E-state index in [2.05, 4.69) is 175 Å². The van der Waals surface area contributed by atoms with Crippen molar-refractivity contribution in [1.29, 1.82) is 0 Å². The summed E-state index contributed by atoms with van der Waals surface area (Å²) >= 11 is 1.83. The lowest BCUT2D eigenvalue weighted by Crippen LogP contribution is -2.12. The second-order valence-corrected chi connectivity index (χ2v) is 15.5. The van der Waals surface area contributed by atoms with Crippen molar-refractivity contribution < 1.29 is 8.83 Å². The monoisotopic (exact) mass is 733 g/mol. The first-order valence-corrected chi connectivity index (χ1v) is 19.7. The largest absolute Gasteiger partial charge is 0.455 e. The molecule has 3 heterocycles. The molecule has 4 heteroatoms. The Morgan fingerprint density at radius 3 is 1.84 bits per heavy atom. The Hall–Kier alpha value is -7.14. The number of para-hydroxylation sites is 3. The molecule has 9 aromatic carbocycles. The molecule has 0 aliphatic heterocycles. The van der Waals surface area contributed by atoms with E-state index >= 15 is 0 Å². The highest BCUT2D eigenvalue weighted by Gasteiger charge is 2.27. The molecule has 0 aliphatic rings. The standard InChI is InChI=1S/C52H31NO2S/c1-2-12-34-31-35(24-23-32(34)11-1)33-25-27-36(28-26-33)53(45-19-10-18-44-39-15-5-8-22-48(39)56-52(44)45)49-40(29-30-43-38-14-4-7-21-47(38)55-51(43)49)42-17-9-16-41-37-13-3-6-20-46(37)54-50(41)42/h1-31H. The number of fused-ring (bicyclic) bond motifs is 10. The van der Waals surface area contributed by atoms with Gasteiger partial charge >= 0.3 is 0 Å². The number of hydrogen-bond donors (Lipinski definition) is 0. The van der Waals surface area contributed by atoms with Crippen LogP contribution in [0, 0.1) is 0 Å². The first kappa shape index (κ1) is 31.2. The van der Waals surface area contributed by atoms with Gasteiger partial charge in [0.1, 0.15) is 16.7 Å². The third kappa shape index (κ3) is 4.70. The van der Waals surface area contributed by atoms with E-state index in [0.29, 0.717) is 0 Å². The normalized spacial score (nSPS) is 11.9. The molecule has 0 N–H and O–H groups in total. The summed E-state index contributed by atoms with van der Waals surface area (Å²) in [5, 5.41) is 9.31. The molecule has 0 unspecified atom stereocenters. The second kappa shape index (κ2) is 12.2. The SMILES string of the molecule is c1ccc2cc(-c3ccc(N(c4c(-c5cccc6c5oc5ccccc56)ccc5c4oc4ccccc45)c4cccc5c4sc4ccccc45)cc3)ccc2c1. The lowest BCUT2D eigenvalue weighted by atomic mass is 9.96. The second-order valence-electron chi connectivity index (χ2n) is 14.4. The fraction of sp³-hybridized carbons (Fsp3) is 0. The average molecular weight is 734 g/mol. The van der Waals surface area contributed by atoms with E-state index in [1.807, 2.05) is 29.5 Å². The predicted molar refractivity (Wildman–Crippen MR) is 237 cm³/mol. The van der Waals surface area contributed by atoms with Crippen molar-refractivity contribution in [1.82, 2.24) is 0 Å². The van der Waals surface area contributed by atoms with Crippen molar-refractivity contribution in [3.63, 3.8) is 0 Å². The molecule has 0 amide bonds. The van der Waals surface area contributed by atoms with Gasteiger partial charge in [0, 0.05) is 53.8 Å². The molecular formula is C52H31NO2S. The lowest BCUT2D eigenvalue weighted by Gasteiger charge is -2.28. The first-order chi connectivity index (χ1) is 27.8. The number of nitrogens with zero attached hydrogens (tertiary/aromatic N) is 1. The number of thiophene rings is 1. The Balaban J connectivity index is 1.17. The molecule has 262 valence electrons. The van der Waals surface area contributed by atoms with Crippen LogP contribution in [-0.2, 0) is 0 Å². The highest BCUT2D eigenvalue weighted by Crippen LogP contribution is 2.52. The Labute approximate surface area is 325 Å². The zero-order valence-electron chi connectivity index (χ0n) is 30.1. The Bertz CT molecular complexity index is 3500. The van der Waals surface area contributed by atoms with Gasteiger partial charge in [-0.2, -0.15) is 0 Å². The number of anilines is 3. The van der Waals surface area contributed by atoms with Crippen molar-refractivity contribution in [2.45, 2.75) is 0 Å². The third-order valence-corrected chi connectivity index (χ3v) is 12.5. The minimum absolute atomic E-state index is 0.827. The molecule has 12 aromatic rings. The maximum Gasteiger partial charge on any atom is 0.160 e. The maximum absolute atomic E-state index is 6.98. The van der Waals surface area contributed by atoms with E-state index < -0.39 is 0 Å². The van der Waals surface area contributed by atoms with Crippen LogP contribution < -0.4 is 4.90 Å². The first-order valence-electron chi connectivity index (χ1n) is 18.9. The van der Waals surface area contributed by atoms with Gasteiger partial charge in [-0.25, -0.2) is 0 Å². The zero-order chi connectivity index (χ0) is 36.7. The molecule has 0 radical (unpaired) electrons. The quantitative estimate of drug-likeness (QED) is 0.176. The minimum atomic E-state index is 0.827. The molecule has 56 heavy (non-hydrogen) atoms. The van der Waals surface area contributed by atoms with Crippen molar-refractivity contribution in [3.05, 3.63) is 188 Å². The van der Waals surface area contributed by atoms with Crippen LogP contribution in [0.2, 0.25) is 0 Å². The van der Waals surface area contributed by atoms with E-state index in [-0.39, 0.29) is 0 Å². The number of hydrogen-bond acceptors (Lipinski definition) is 4. The molecule has 0 atom stereocenters. The van der Waals surface area contributed by atoms with Gasteiger partial charge in [-0.15, -0.1) is 11.3 Å². The summed E-state index contributed by atoms with van der Waals surface area (Å²) < 4.78 is 16.2. The summed E-state index contributed by atoms with van der Waals surface area (Å²) in [6.45, 7) is 0. The molecule has 0 aliphatic carbocycles. The summed E-state index contributed by atoms with van der Waals surface area (Å²) in [4.78, 5) is 2.42. The number of rotatable bonds is 5. The Kier molecular flexibility index (Phi) is 6.80. The molecule has 0 saturated carbocycles. The van der Waals surface area contributed by atoms with E-state index in [1.165, 1.54) is 36.5 Å². The molecular weight excluding hydrogens is 703 g/mol.